The molecule has 0 radical (unpaired) electrons. The number of nitrogens with one attached hydrogen (secondary N) is 2. The minimum Gasteiger partial charge on any atom is -0.487 e. The van der Waals surface area contributed by atoms with Crippen LogP contribution in [0.2, 0.25) is 0 Å². The molecule has 1 saturated carbocycles. The summed E-state index contributed by atoms with van der Waals surface area (Å²) >= 11 is 0. The average Bonchev–Trinajstić information content (AvgIpc) is 3.07. The molecule has 1 aromatic rings. The van der Waals surface area contributed by atoms with Gasteiger partial charge in [0.25, 0.3) is 0 Å². The third kappa shape index (κ3) is 4.45. The van der Waals surface area contributed by atoms with Crippen LogP contribution in [-0.2, 0) is 9.84 Å². The molecule has 6 nitrogen and oxygen atoms in total. The topological polar surface area (TPSA) is 79.8 Å². The van der Waals surface area contributed by atoms with Crippen LogP contribution >= 0.6 is 0 Å². The first-order chi connectivity index (χ1) is 13.2. The van der Waals surface area contributed by atoms with Crippen LogP contribution in [0.3, 0.4) is 0 Å². The van der Waals surface area contributed by atoms with E-state index < -0.39 is 14.6 Å². The molecule has 0 saturated heterocycles. The molecule has 2 N–H and O–H groups in total. The van der Waals surface area contributed by atoms with Gasteiger partial charge >= 0.3 is 0 Å². The van der Waals surface area contributed by atoms with Crippen molar-refractivity contribution in [1.82, 2.24) is 10.6 Å². The molecule has 156 valence electrons. The first-order valence-electron chi connectivity index (χ1n) is 10.1. The lowest BCUT2D eigenvalue weighted by molar-refractivity contribution is 0.0396. The highest BCUT2D eigenvalue weighted by atomic mass is 32.2. The van der Waals surface area contributed by atoms with E-state index in [0.29, 0.717) is 12.5 Å². The second-order valence-electron chi connectivity index (χ2n) is 8.86. The van der Waals surface area contributed by atoms with E-state index in [1.54, 1.807) is 27.8 Å². The van der Waals surface area contributed by atoms with Crippen LogP contribution in [0.1, 0.15) is 64.5 Å². The largest absolute Gasteiger partial charge is 0.487 e. The minimum absolute atomic E-state index is 0.0749. The van der Waals surface area contributed by atoms with E-state index in [1.807, 2.05) is 18.2 Å². The molecular formula is C21H33N3O3S. The molecule has 7 heteroatoms. The number of hydrogen-bond acceptors (Lipinski definition) is 4. The van der Waals surface area contributed by atoms with Crippen molar-refractivity contribution >= 4 is 15.8 Å². The van der Waals surface area contributed by atoms with E-state index in [2.05, 4.69) is 21.7 Å². The monoisotopic (exact) mass is 407 g/mol. The van der Waals surface area contributed by atoms with Gasteiger partial charge in [-0.1, -0.05) is 18.2 Å². The van der Waals surface area contributed by atoms with E-state index >= 15 is 0 Å². The predicted molar refractivity (Wildman–Crippen MR) is 114 cm³/mol. The summed E-state index contributed by atoms with van der Waals surface area (Å²) in [6, 6.07) is 8.25. The van der Waals surface area contributed by atoms with Gasteiger partial charge < -0.3 is 15.4 Å². The quantitative estimate of drug-likeness (QED) is 0.592. The van der Waals surface area contributed by atoms with Crippen LogP contribution in [0.25, 0.3) is 0 Å². The van der Waals surface area contributed by atoms with Gasteiger partial charge in [0.2, 0.25) is 0 Å². The molecule has 1 unspecified atom stereocenters. The number of benzene rings is 1. The highest BCUT2D eigenvalue weighted by Gasteiger charge is 2.43. The summed E-state index contributed by atoms with van der Waals surface area (Å²) in [4.78, 5) is 4.31. The zero-order chi connectivity index (χ0) is 20.4. The number of guanidine groups is 1. The smallest absolute Gasteiger partial charge is 0.191 e. The van der Waals surface area contributed by atoms with Crippen molar-refractivity contribution < 1.29 is 13.2 Å². The third-order valence-corrected chi connectivity index (χ3v) is 8.45. The molecule has 3 rings (SSSR count). The van der Waals surface area contributed by atoms with Crippen molar-refractivity contribution in [2.24, 2.45) is 4.99 Å². The number of para-hydroxylation sites is 1. The van der Waals surface area contributed by atoms with E-state index in [9.17, 15) is 8.42 Å². The zero-order valence-corrected chi connectivity index (χ0v) is 18.2. The number of ether oxygens (including phenoxy) is 1. The first kappa shape index (κ1) is 21.0. The second-order valence-corrected chi connectivity index (χ2v) is 11.7. The molecule has 1 atom stereocenters. The van der Waals surface area contributed by atoms with Crippen LogP contribution in [0.4, 0.5) is 0 Å². The Morgan fingerprint density at radius 3 is 2.57 bits per heavy atom. The molecule has 0 amide bonds. The van der Waals surface area contributed by atoms with Crippen LogP contribution in [0, 0.1) is 0 Å². The Labute approximate surface area is 169 Å². The van der Waals surface area contributed by atoms with Gasteiger partial charge in [-0.05, 0) is 52.5 Å². The summed E-state index contributed by atoms with van der Waals surface area (Å²) in [7, 11) is -1.45. The summed E-state index contributed by atoms with van der Waals surface area (Å²) in [6.45, 7) is 5.52. The Kier molecular flexibility index (Phi) is 5.94. The van der Waals surface area contributed by atoms with Crippen molar-refractivity contribution in [2.45, 2.75) is 69.3 Å². The Morgan fingerprint density at radius 1 is 1.25 bits per heavy atom. The molecule has 1 aliphatic heterocycles. The average molecular weight is 408 g/mol. The van der Waals surface area contributed by atoms with Gasteiger partial charge in [-0.15, -0.1) is 0 Å². The number of rotatable bonds is 4. The van der Waals surface area contributed by atoms with Gasteiger partial charge in [0, 0.05) is 25.6 Å². The molecule has 0 aromatic heterocycles. The van der Waals surface area contributed by atoms with E-state index in [4.69, 9.17) is 4.74 Å². The highest BCUT2D eigenvalue weighted by Crippen LogP contribution is 2.46. The maximum atomic E-state index is 12.3. The van der Waals surface area contributed by atoms with Crippen molar-refractivity contribution in [3.63, 3.8) is 0 Å². The van der Waals surface area contributed by atoms with Crippen molar-refractivity contribution in [2.75, 3.05) is 19.3 Å². The van der Waals surface area contributed by atoms with Gasteiger partial charge in [0.05, 0.1) is 16.5 Å². The Hall–Kier alpha value is -1.76. The fourth-order valence-corrected chi connectivity index (χ4v) is 5.03. The number of nitrogens with zero attached hydrogens (tertiary/aromatic N) is 1. The molecule has 28 heavy (non-hydrogen) atoms. The Morgan fingerprint density at radius 2 is 1.93 bits per heavy atom. The fourth-order valence-electron chi connectivity index (χ4n) is 4.04. The second kappa shape index (κ2) is 7.93. The number of fused-ring (bicyclic) bond motifs is 1. The molecule has 1 spiro atoms. The molecule has 1 aliphatic carbocycles. The summed E-state index contributed by atoms with van der Waals surface area (Å²) in [5.41, 5.74) is 1.03. The van der Waals surface area contributed by atoms with Crippen LogP contribution in [0.5, 0.6) is 5.75 Å². The Bertz CT molecular complexity index is 822. The van der Waals surface area contributed by atoms with Gasteiger partial charge in [-0.3, -0.25) is 4.99 Å². The fraction of sp³-hybridized carbons (Fsp3) is 0.667. The molecule has 1 heterocycles. The standard InChI is InChI=1S/C21H33N3O3S/c1-20(2,3)28(25,26)14-13-23-19(22-4)24-17-15-21(11-7-8-12-21)27-18-10-6-5-9-16(17)18/h5-6,9-10,17H,7-8,11-15H2,1-4H3,(H2,22,23,24). The van der Waals surface area contributed by atoms with Gasteiger partial charge in [-0.25, -0.2) is 8.42 Å². The number of hydrogen-bond donors (Lipinski definition) is 2. The molecular weight excluding hydrogens is 374 g/mol. The van der Waals surface area contributed by atoms with Gasteiger partial charge in [0.1, 0.15) is 11.4 Å². The summed E-state index contributed by atoms with van der Waals surface area (Å²) in [5, 5.41) is 6.68. The third-order valence-electron chi connectivity index (χ3n) is 5.84. The van der Waals surface area contributed by atoms with Crippen LogP contribution in [0.15, 0.2) is 29.3 Å². The molecule has 1 aromatic carbocycles. The molecule has 2 aliphatic rings. The molecule has 1 fully saturated rings. The van der Waals surface area contributed by atoms with Crippen LogP contribution in [-0.4, -0.2) is 44.1 Å². The molecule has 0 bridgehead atoms. The predicted octanol–water partition coefficient (Wildman–Crippen LogP) is 3.20. The zero-order valence-electron chi connectivity index (χ0n) is 17.4. The highest BCUT2D eigenvalue weighted by molar-refractivity contribution is 7.92. The maximum Gasteiger partial charge on any atom is 0.191 e. The summed E-state index contributed by atoms with van der Waals surface area (Å²) in [5.74, 6) is 1.64. The first-order valence-corrected chi connectivity index (χ1v) is 11.8. The van der Waals surface area contributed by atoms with Gasteiger partial charge in [-0.2, -0.15) is 0 Å². The van der Waals surface area contributed by atoms with Crippen molar-refractivity contribution in [3.05, 3.63) is 29.8 Å². The van der Waals surface area contributed by atoms with Gasteiger partial charge in [0.15, 0.2) is 15.8 Å². The minimum atomic E-state index is -3.17. The summed E-state index contributed by atoms with van der Waals surface area (Å²) in [6.07, 6.45) is 5.45. The van der Waals surface area contributed by atoms with E-state index in [0.717, 1.165) is 30.6 Å². The lowest BCUT2D eigenvalue weighted by atomic mass is 9.86. The van der Waals surface area contributed by atoms with Crippen molar-refractivity contribution in [3.8, 4) is 5.75 Å². The number of aliphatic imine (C=N–C) groups is 1. The van der Waals surface area contributed by atoms with Crippen molar-refractivity contribution in [1.29, 1.82) is 0 Å². The van der Waals surface area contributed by atoms with E-state index in [1.165, 1.54) is 12.8 Å². The van der Waals surface area contributed by atoms with Crippen LogP contribution < -0.4 is 15.4 Å². The SMILES string of the molecule is CN=C(NCCS(=O)(=O)C(C)(C)C)NC1CC2(CCCC2)Oc2ccccc21. The lowest BCUT2D eigenvalue weighted by Crippen LogP contribution is -2.47. The van der Waals surface area contributed by atoms with E-state index in [-0.39, 0.29) is 17.4 Å². The number of sulfone groups is 1. The Balaban J connectivity index is 1.68. The summed E-state index contributed by atoms with van der Waals surface area (Å²) < 4.78 is 30.3. The normalized spacial score (nSPS) is 21.9. The lowest BCUT2D eigenvalue weighted by Gasteiger charge is -2.40. The maximum absolute atomic E-state index is 12.3.